The molecule has 0 bridgehead atoms. The monoisotopic (exact) mass is 493 g/mol. The normalized spacial score (nSPS) is 11.3. The number of ether oxygens (including phenoxy) is 1. The van der Waals surface area contributed by atoms with Crippen molar-refractivity contribution in [3.63, 3.8) is 0 Å². The minimum Gasteiger partial charge on any atom is -0.465 e. The molecule has 0 radical (unpaired) electrons. The smallest absolute Gasteiger partial charge is 0.337 e. The molecule has 0 atom stereocenters. The average Bonchev–Trinajstić information content (AvgIpc) is 3.28. The Hall–Kier alpha value is -3.52. The summed E-state index contributed by atoms with van der Waals surface area (Å²) >= 11 is 3.40. The maximum atomic E-state index is 13.1. The number of methoxy groups -OCH3 is 1. The number of aryl methyl sites for hydroxylation is 1. The number of hydrogen-bond donors (Lipinski definition) is 0. The van der Waals surface area contributed by atoms with Crippen molar-refractivity contribution in [2.45, 2.75) is 19.8 Å². The summed E-state index contributed by atoms with van der Waals surface area (Å²) in [6.07, 6.45) is 2.95. The van der Waals surface area contributed by atoms with Gasteiger partial charge in [-0.2, -0.15) is 9.78 Å². The minimum atomic E-state index is -0.395. The van der Waals surface area contributed by atoms with Crippen LogP contribution < -0.4 is 5.56 Å². The van der Waals surface area contributed by atoms with Crippen molar-refractivity contribution in [1.29, 1.82) is 0 Å². The van der Waals surface area contributed by atoms with E-state index in [0.717, 1.165) is 16.5 Å². The first-order valence-corrected chi connectivity index (χ1v) is 10.8. The van der Waals surface area contributed by atoms with E-state index in [-0.39, 0.29) is 5.56 Å². The van der Waals surface area contributed by atoms with Crippen LogP contribution in [0.3, 0.4) is 0 Å². The van der Waals surface area contributed by atoms with Crippen molar-refractivity contribution >= 4 is 39.0 Å². The number of furan rings is 1. The molecule has 8 heteroatoms. The lowest BCUT2D eigenvalue weighted by Crippen LogP contribution is -2.22. The SMILES string of the molecule is CCCc1nc2ccc(Br)cc2c(=O)n1N=Cc1ccc(-c2ccc(C(=O)OC)cc2)o1. The Bertz CT molecular complexity index is 1370. The van der Waals surface area contributed by atoms with Gasteiger partial charge < -0.3 is 9.15 Å². The fourth-order valence-corrected chi connectivity index (χ4v) is 3.64. The summed E-state index contributed by atoms with van der Waals surface area (Å²) in [5, 5.41) is 4.86. The van der Waals surface area contributed by atoms with E-state index < -0.39 is 5.97 Å². The van der Waals surface area contributed by atoms with Crippen molar-refractivity contribution in [2.24, 2.45) is 5.10 Å². The maximum absolute atomic E-state index is 13.1. The van der Waals surface area contributed by atoms with Crippen LogP contribution in [-0.4, -0.2) is 29.0 Å². The third-order valence-electron chi connectivity index (χ3n) is 4.87. The first-order chi connectivity index (χ1) is 15.5. The Labute approximate surface area is 192 Å². The molecule has 7 nitrogen and oxygen atoms in total. The summed E-state index contributed by atoms with van der Waals surface area (Å²) in [5.74, 6) is 1.30. The fraction of sp³-hybridized carbons (Fsp3) is 0.167. The summed E-state index contributed by atoms with van der Waals surface area (Å²) in [6, 6.07) is 15.9. The zero-order valence-corrected chi connectivity index (χ0v) is 19.1. The van der Waals surface area contributed by atoms with Crippen LogP contribution in [0.5, 0.6) is 0 Å². The first-order valence-electron chi connectivity index (χ1n) is 10.0. The number of rotatable bonds is 6. The molecular formula is C24H20BrN3O4. The highest BCUT2D eigenvalue weighted by molar-refractivity contribution is 9.10. The van der Waals surface area contributed by atoms with Gasteiger partial charge in [0.05, 0.1) is 29.8 Å². The number of halogens is 1. The van der Waals surface area contributed by atoms with Gasteiger partial charge in [-0.05, 0) is 48.9 Å². The van der Waals surface area contributed by atoms with E-state index in [4.69, 9.17) is 9.15 Å². The van der Waals surface area contributed by atoms with Gasteiger partial charge in [0.25, 0.3) is 5.56 Å². The molecule has 0 saturated heterocycles. The Kier molecular flexibility index (Phi) is 6.32. The molecule has 32 heavy (non-hydrogen) atoms. The van der Waals surface area contributed by atoms with Gasteiger partial charge in [0.2, 0.25) is 0 Å². The number of aromatic nitrogens is 2. The lowest BCUT2D eigenvalue weighted by Gasteiger charge is -2.08. The highest BCUT2D eigenvalue weighted by Gasteiger charge is 2.11. The van der Waals surface area contributed by atoms with Crippen molar-refractivity contribution < 1.29 is 13.9 Å². The second-order valence-electron chi connectivity index (χ2n) is 7.07. The number of hydrogen-bond acceptors (Lipinski definition) is 6. The molecule has 0 aliphatic heterocycles. The topological polar surface area (TPSA) is 86.7 Å². The third-order valence-corrected chi connectivity index (χ3v) is 5.36. The maximum Gasteiger partial charge on any atom is 0.337 e. The molecular weight excluding hydrogens is 474 g/mol. The zero-order valence-electron chi connectivity index (χ0n) is 17.5. The molecule has 0 aliphatic rings. The standard InChI is InChI=1S/C24H20BrN3O4/c1-3-4-22-27-20-11-9-17(25)13-19(20)23(29)28(22)26-14-18-10-12-21(32-18)15-5-7-16(8-6-15)24(30)31-2/h5-14H,3-4H2,1-2H3. The van der Waals surface area contributed by atoms with E-state index in [9.17, 15) is 9.59 Å². The highest BCUT2D eigenvalue weighted by atomic mass is 79.9. The summed E-state index contributed by atoms with van der Waals surface area (Å²) in [5.41, 5.74) is 1.67. The second-order valence-corrected chi connectivity index (χ2v) is 7.99. The summed E-state index contributed by atoms with van der Waals surface area (Å²) < 4.78 is 12.7. The number of fused-ring (bicyclic) bond motifs is 1. The largest absolute Gasteiger partial charge is 0.465 e. The van der Waals surface area contributed by atoms with Crippen molar-refractivity contribution in [3.8, 4) is 11.3 Å². The molecule has 0 saturated carbocycles. The molecule has 0 unspecified atom stereocenters. The molecule has 0 aliphatic carbocycles. The average molecular weight is 494 g/mol. The van der Waals surface area contributed by atoms with E-state index >= 15 is 0 Å². The summed E-state index contributed by atoms with van der Waals surface area (Å²) in [4.78, 5) is 29.3. The van der Waals surface area contributed by atoms with E-state index in [0.29, 0.717) is 40.2 Å². The zero-order chi connectivity index (χ0) is 22.7. The van der Waals surface area contributed by atoms with Crippen LogP contribution >= 0.6 is 15.9 Å². The van der Waals surface area contributed by atoms with Crippen LogP contribution in [0.15, 0.2) is 73.4 Å². The van der Waals surface area contributed by atoms with Gasteiger partial charge in [-0.3, -0.25) is 4.79 Å². The highest BCUT2D eigenvalue weighted by Crippen LogP contribution is 2.22. The first kappa shape index (κ1) is 21.7. The molecule has 0 amide bonds. The van der Waals surface area contributed by atoms with E-state index in [1.807, 2.05) is 19.1 Å². The molecule has 2 aromatic heterocycles. The van der Waals surface area contributed by atoms with Crippen LogP contribution in [0.1, 0.15) is 35.3 Å². The van der Waals surface area contributed by atoms with Crippen molar-refractivity contribution in [3.05, 3.63) is 86.6 Å². The van der Waals surface area contributed by atoms with Gasteiger partial charge in [-0.1, -0.05) is 35.0 Å². The molecule has 2 aromatic carbocycles. The number of benzene rings is 2. The molecule has 2 heterocycles. The van der Waals surface area contributed by atoms with Crippen molar-refractivity contribution in [1.82, 2.24) is 9.66 Å². The molecule has 162 valence electrons. The second kappa shape index (κ2) is 9.32. The van der Waals surface area contributed by atoms with Crippen LogP contribution in [0.4, 0.5) is 0 Å². The van der Waals surface area contributed by atoms with Crippen LogP contribution in [-0.2, 0) is 11.2 Å². The van der Waals surface area contributed by atoms with Gasteiger partial charge in [-0.25, -0.2) is 9.78 Å². The molecule has 0 fully saturated rings. The van der Waals surface area contributed by atoms with Gasteiger partial charge in [-0.15, -0.1) is 0 Å². The predicted molar refractivity (Wildman–Crippen MR) is 126 cm³/mol. The van der Waals surface area contributed by atoms with Crippen molar-refractivity contribution in [2.75, 3.05) is 7.11 Å². The molecule has 4 rings (SSSR count). The lowest BCUT2D eigenvalue weighted by molar-refractivity contribution is 0.0600. The summed E-state index contributed by atoms with van der Waals surface area (Å²) in [6.45, 7) is 2.02. The van der Waals surface area contributed by atoms with E-state index in [1.165, 1.54) is 18.0 Å². The fourth-order valence-electron chi connectivity index (χ4n) is 3.28. The quantitative estimate of drug-likeness (QED) is 0.277. The minimum absolute atomic E-state index is 0.235. The number of esters is 1. The Morgan fingerprint density at radius 2 is 1.97 bits per heavy atom. The van der Waals surface area contributed by atoms with Crippen LogP contribution in [0.25, 0.3) is 22.2 Å². The van der Waals surface area contributed by atoms with Crippen LogP contribution in [0.2, 0.25) is 0 Å². The molecule has 4 aromatic rings. The van der Waals surface area contributed by atoms with Gasteiger partial charge >= 0.3 is 5.97 Å². The predicted octanol–water partition coefficient (Wildman–Crippen LogP) is 5.04. The van der Waals surface area contributed by atoms with E-state index in [1.54, 1.807) is 42.5 Å². The summed E-state index contributed by atoms with van der Waals surface area (Å²) in [7, 11) is 1.34. The van der Waals surface area contributed by atoms with E-state index in [2.05, 4.69) is 26.0 Å². The van der Waals surface area contributed by atoms with Gasteiger partial charge in [0.15, 0.2) is 0 Å². The van der Waals surface area contributed by atoms with Gasteiger partial charge in [0.1, 0.15) is 17.3 Å². The third kappa shape index (κ3) is 4.40. The Morgan fingerprint density at radius 3 is 2.69 bits per heavy atom. The number of nitrogens with zero attached hydrogens (tertiary/aromatic N) is 3. The van der Waals surface area contributed by atoms with Crippen LogP contribution in [0, 0.1) is 0 Å². The Balaban J connectivity index is 1.66. The molecule has 0 N–H and O–H groups in total. The van der Waals surface area contributed by atoms with Gasteiger partial charge in [0, 0.05) is 16.5 Å². The number of carbonyl (C=O) groups is 1. The molecule has 0 spiro atoms. The Morgan fingerprint density at radius 1 is 1.19 bits per heavy atom. The number of carbonyl (C=O) groups excluding carboxylic acids is 1. The lowest BCUT2D eigenvalue weighted by atomic mass is 10.1.